The van der Waals surface area contributed by atoms with E-state index in [1.54, 1.807) is 18.1 Å². The molecule has 3 rings (SSSR count). The van der Waals surface area contributed by atoms with Crippen LogP contribution in [0.25, 0.3) is 0 Å². The highest BCUT2D eigenvalue weighted by Crippen LogP contribution is 2.20. The number of pyridine rings is 1. The van der Waals surface area contributed by atoms with Gasteiger partial charge >= 0.3 is 0 Å². The molecular weight excluding hydrogens is 366 g/mol. The van der Waals surface area contributed by atoms with Gasteiger partial charge in [-0.25, -0.2) is 0 Å². The SMILES string of the molecule is COCCNC(=O)c1ccnc(C(=O)N(Cc2ccccc2)c2ccccc2)c1. The van der Waals surface area contributed by atoms with E-state index in [1.165, 1.54) is 12.3 Å². The first kappa shape index (κ1) is 20.2. The Hall–Kier alpha value is -3.51. The standard InChI is InChI=1S/C23H23N3O3/c1-29-15-14-25-22(27)19-12-13-24-21(16-19)23(28)26(20-10-6-3-7-11-20)17-18-8-4-2-5-9-18/h2-13,16H,14-15,17H2,1H3,(H,25,27). The third-order valence-electron chi connectivity index (χ3n) is 4.33. The van der Waals surface area contributed by atoms with Crippen molar-refractivity contribution < 1.29 is 14.3 Å². The van der Waals surface area contributed by atoms with Crippen molar-refractivity contribution in [1.82, 2.24) is 10.3 Å². The van der Waals surface area contributed by atoms with Crippen molar-refractivity contribution in [1.29, 1.82) is 0 Å². The van der Waals surface area contributed by atoms with Gasteiger partial charge in [-0.05, 0) is 29.8 Å². The first-order valence-corrected chi connectivity index (χ1v) is 9.33. The number of nitrogens with one attached hydrogen (secondary N) is 1. The minimum Gasteiger partial charge on any atom is -0.383 e. The number of nitrogens with zero attached hydrogens (tertiary/aromatic N) is 2. The quantitative estimate of drug-likeness (QED) is 0.600. The maximum atomic E-state index is 13.3. The summed E-state index contributed by atoms with van der Waals surface area (Å²) in [6, 6.07) is 22.3. The smallest absolute Gasteiger partial charge is 0.277 e. The summed E-state index contributed by atoms with van der Waals surface area (Å²) >= 11 is 0. The minimum atomic E-state index is -0.272. The Balaban J connectivity index is 1.86. The molecule has 148 valence electrons. The van der Waals surface area contributed by atoms with Gasteiger partial charge in [-0.1, -0.05) is 48.5 Å². The zero-order chi connectivity index (χ0) is 20.5. The lowest BCUT2D eigenvalue weighted by Gasteiger charge is -2.23. The van der Waals surface area contributed by atoms with Gasteiger partial charge in [0.2, 0.25) is 0 Å². The predicted molar refractivity (Wildman–Crippen MR) is 112 cm³/mol. The second-order valence-electron chi connectivity index (χ2n) is 6.39. The Kier molecular flexibility index (Phi) is 7.08. The van der Waals surface area contributed by atoms with Gasteiger partial charge in [0, 0.05) is 31.1 Å². The second-order valence-corrected chi connectivity index (χ2v) is 6.39. The van der Waals surface area contributed by atoms with E-state index in [2.05, 4.69) is 10.3 Å². The third-order valence-corrected chi connectivity index (χ3v) is 4.33. The molecule has 1 aromatic heterocycles. The van der Waals surface area contributed by atoms with E-state index in [1.807, 2.05) is 60.7 Å². The Morgan fingerprint density at radius 3 is 2.38 bits per heavy atom. The number of benzene rings is 2. The normalized spacial score (nSPS) is 10.4. The molecule has 0 atom stereocenters. The van der Waals surface area contributed by atoms with Crippen LogP contribution in [0.3, 0.4) is 0 Å². The van der Waals surface area contributed by atoms with E-state index in [4.69, 9.17) is 4.74 Å². The zero-order valence-electron chi connectivity index (χ0n) is 16.2. The summed E-state index contributed by atoms with van der Waals surface area (Å²) in [5, 5.41) is 2.75. The fraction of sp³-hybridized carbons (Fsp3) is 0.174. The van der Waals surface area contributed by atoms with E-state index in [0.717, 1.165) is 11.3 Å². The van der Waals surface area contributed by atoms with E-state index < -0.39 is 0 Å². The summed E-state index contributed by atoms with van der Waals surface area (Å²) < 4.78 is 4.94. The molecule has 0 saturated heterocycles. The monoisotopic (exact) mass is 389 g/mol. The van der Waals surface area contributed by atoms with Crippen LogP contribution in [0.1, 0.15) is 26.4 Å². The molecule has 3 aromatic rings. The molecule has 1 N–H and O–H groups in total. The van der Waals surface area contributed by atoms with Crippen LogP contribution >= 0.6 is 0 Å². The van der Waals surface area contributed by atoms with E-state index in [-0.39, 0.29) is 17.5 Å². The van der Waals surface area contributed by atoms with E-state index >= 15 is 0 Å². The third kappa shape index (κ3) is 5.49. The molecule has 0 spiro atoms. The molecule has 6 nitrogen and oxygen atoms in total. The molecule has 0 unspecified atom stereocenters. The Labute approximate surface area is 170 Å². The number of methoxy groups -OCH3 is 1. The van der Waals surface area contributed by atoms with Gasteiger partial charge in [-0.3, -0.25) is 14.6 Å². The van der Waals surface area contributed by atoms with Crippen molar-refractivity contribution in [2.45, 2.75) is 6.54 Å². The number of amides is 2. The first-order valence-electron chi connectivity index (χ1n) is 9.33. The van der Waals surface area contributed by atoms with Crippen molar-refractivity contribution in [3.05, 3.63) is 95.8 Å². The lowest BCUT2D eigenvalue weighted by atomic mass is 10.1. The number of rotatable bonds is 8. The van der Waals surface area contributed by atoms with Gasteiger partial charge in [0.05, 0.1) is 13.2 Å². The predicted octanol–water partition coefficient (Wildman–Crippen LogP) is 3.30. The molecule has 0 aliphatic heterocycles. The molecule has 0 aliphatic rings. The minimum absolute atomic E-state index is 0.212. The van der Waals surface area contributed by atoms with Gasteiger partial charge in [0.25, 0.3) is 11.8 Å². The average molecular weight is 389 g/mol. The van der Waals surface area contributed by atoms with Crippen molar-refractivity contribution in [2.24, 2.45) is 0 Å². The van der Waals surface area contributed by atoms with E-state index in [0.29, 0.717) is 25.3 Å². The summed E-state index contributed by atoms with van der Waals surface area (Å²) in [7, 11) is 1.57. The molecule has 2 aromatic carbocycles. The van der Waals surface area contributed by atoms with Crippen LogP contribution in [-0.4, -0.2) is 37.1 Å². The van der Waals surface area contributed by atoms with Gasteiger partial charge in [0.1, 0.15) is 5.69 Å². The van der Waals surface area contributed by atoms with Crippen LogP contribution in [0.15, 0.2) is 79.0 Å². The number of carbonyl (C=O) groups excluding carboxylic acids is 2. The van der Waals surface area contributed by atoms with Crippen LogP contribution in [0.5, 0.6) is 0 Å². The Morgan fingerprint density at radius 2 is 1.69 bits per heavy atom. The average Bonchev–Trinajstić information content (AvgIpc) is 2.78. The maximum absolute atomic E-state index is 13.3. The summed E-state index contributed by atoms with van der Waals surface area (Å²) in [6.07, 6.45) is 1.48. The highest BCUT2D eigenvalue weighted by atomic mass is 16.5. The number of ether oxygens (including phenoxy) is 1. The molecule has 1 heterocycles. The highest BCUT2D eigenvalue weighted by molar-refractivity contribution is 6.06. The van der Waals surface area contributed by atoms with Crippen LogP contribution in [0, 0.1) is 0 Å². The van der Waals surface area contributed by atoms with Crippen LogP contribution in [0.4, 0.5) is 5.69 Å². The highest BCUT2D eigenvalue weighted by Gasteiger charge is 2.20. The molecule has 0 saturated carbocycles. The zero-order valence-corrected chi connectivity index (χ0v) is 16.2. The molecule has 0 radical (unpaired) electrons. The van der Waals surface area contributed by atoms with Crippen LogP contribution < -0.4 is 10.2 Å². The molecular formula is C23H23N3O3. The Morgan fingerprint density at radius 1 is 1.00 bits per heavy atom. The van der Waals surface area contributed by atoms with Gasteiger partial charge < -0.3 is 15.0 Å². The number of aromatic nitrogens is 1. The van der Waals surface area contributed by atoms with Gasteiger partial charge in [-0.2, -0.15) is 0 Å². The number of hydrogen-bond acceptors (Lipinski definition) is 4. The molecule has 0 fully saturated rings. The van der Waals surface area contributed by atoms with Crippen molar-refractivity contribution in [3.8, 4) is 0 Å². The molecule has 0 aliphatic carbocycles. The summed E-state index contributed by atoms with van der Waals surface area (Å²) in [4.78, 5) is 31.5. The number of anilines is 1. The van der Waals surface area contributed by atoms with Crippen LogP contribution in [0.2, 0.25) is 0 Å². The molecule has 0 bridgehead atoms. The lowest BCUT2D eigenvalue weighted by molar-refractivity contribution is 0.0937. The fourth-order valence-corrected chi connectivity index (χ4v) is 2.85. The number of carbonyl (C=O) groups is 2. The van der Waals surface area contributed by atoms with Gasteiger partial charge in [-0.15, -0.1) is 0 Å². The van der Waals surface area contributed by atoms with E-state index in [9.17, 15) is 9.59 Å². The van der Waals surface area contributed by atoms with Crippen molar-refractivity contribution in [2.75, 3.05) is 25.2 Å². The summed E-state index contributed by atoms with van der Waals surface area (Å²) in [5.74, 6) is -0.542. The lowest BCUT2D eigenvalue weighted by Crippen LogP contribution is -2.32. The largest absolute Gasteiger partial charge is 0.383 e. The molecule has 2 amide bonds. The summed E-state index contributed by atoms with van der Waals surface area (Å²) in [5.41, 5.74) is 2.35. The number of hydrogen-bond donors (Lipinski definition) is 1. The first-order chi connectivity index (χ1) is 14.2. The summed E-state index contributed by atoms with van der Waals surface area (Å²) in [6.45, 7) is 1.21. The number of para-hydroxylation sites is 1. The molecule has 29 heavy (non-hydrogen) atoms. The van der Waals surface area contributed by atoms with Crippen molar-refractivity contribution in [3.63, 3.8) is 0 Å². The topological polar surface area (TPSA) is 71.5 Å². The fourth-order valence-electron chi connectivity index (χ4n) is 2.85. The Bertz CT molecular complexity index is 946. The maximum Gasteiger partial charge on any atom is 0.277 e. The second kappa shape index (κ2) is 10.1. The molecule has 6 heteroatoms. The van der Waals surface area contributed by atoms with Gasteiger partial charge in [0.15, 0.2) is 0 Å². The van der Waals surface area contributed by atoms with Crippen LogP contribution in [-0.2, 0) is 11.3 Å². The van der Waals surface area contributed by atoms with Crippen molar-refractivity contribution >= 4 is 17.5 Å².